The van der Waals surface area contributed by atoms with E-state index in [1.807, 2.05) is 30.3 Å². The molecule has 4 aromatic rings. The molecule has 6 rings (SSSR count). The number of carbonyl (C=O) groups excluding carboxylic acids is 1. The molecule has 0 spiro atoms. The molecule has 8 atom stereocenters. The second-order valence-corrected chi connectivity index (χ2v) is 11.9. The van der Waals surface area contributed by atoms with Gasteiger partial charge in [0.05, 0.1) is 24.7 Å². The lowest BCUT2D eigenvalue weighted by Gasteiger charge is -2.48. The van der Waals surface area contributed by atoms with Crippen molar-refractivity contribution >= 4 is 11.6 Å². The Morgan fingerprint density at radius 1 is 0.826 bits per heavy atom. The number of para-hydroxylation sites is 1. The molecule has 0 unspecified atom stereocenters. The lowest BCUT2D eigenvalue weighted by atomic mass is 9.77. The van der Waals surface area contributed by atoms with E-state index in [1.165, 1.54) is 12.1 Å². The Morgan fingerprint density at radius 2 is 1.54 bits per heavy atom. The highest BCUT2D eigenvalue weighted by Crippen LogP contribution is 2.49. The molecule has 2 aliphatic rings. The van der Waals surface area contributed by atoms with Crippen LogP contribution in [0, 0.1) is 11.7 Å². The van der Waals surface area contributed by atoms with Crippen molar-refractivity contribution in [1.82, 2.24) is 0 Å². The normalized spacial score (nSPS) is 26.9. The van der Waals surface area contributed by atoms with Crippen LogP contribution in [0.3, 0.4) is 0 Å². The van der Waals surface area contributed by atoms with Crippen LogP contribution in [0.15, 0.2) is 97.1 Å². The Bertz CT molecular complexity index is 1680. The summed E-state index contributed by atoms with van der Waals surface area (Å²) < 4.78 is 20.0. The molecule has 0 radical (unpaired) electrons. The maximum Gasteiger partial charge on any atom is 0.233 e. The van der Waals surface area contributed by atoms with Gasteiger partial charge in [0.1, 0.15) is 42.1 Å². The first-order valence-corrected chi connectivity index (χ1v) is 15.2. The van der Waals surface area contributed by atoms with Gasteiger partial charge < -0.3 is 40.3 Å². The van der Waals surface area contributed by atoms with E-state index in [9.17, 15) is 39.8 Å². The van der Waals surface area contributed by atoms with Crippen LogP contribution < -0.4 is 4.90 Å². The number of halogens is 1. The minimum atomic E-state index is -1.51. The van der Waals surface area contributed by atoms with E-state index in [0.717, 1.165) is 0 Å². The fourth-order valence-electron chi connectivity index (χ4n) is 6.55. The number of rotatable bonds is 9. The number of phenols is 1. The lowest BCUT2D eigenvalue weighted by Crippen LogP contribution is -2.55. The number of anilines is 1. The number of phenolic OH excluding ortho intramolecular Hbond substituents is 1. The average molecular weight is 630 g/mol. The van der Waals surface area contributed by atoms with E-state index in [4.69, 9.17) is 4.74 Å². The van der Waals surface area contributed by atoms with E-state index < -0.39 is 61.0 Å². The molecule has 240 valence electrons. The molecule has 0 bridgehead atoms. The van der Waals surface area contributed by atoms with Crippen LogP contribution in [-0.4, -0.2) is 67.6 Å². The first-order valence-electron chi connectivity index (χ1n) is 15.2. The smallest absolute Gasteiger partial charge is 0.233 e. The van der Waals surface area contributed by atoms with Gasteiger partial charge in [-0.1, -0.05) is 66.7 Å². The molecule has 0 aromatic heterocycles. The molecule has 2 saturated heterocycles. The van der Waals surface area contributed by atoms with E-state index >= 15 is 0 Å². The number of hydrogen-bond donors (Lipinski definition) is 6. The molecular weight excluding hydrogens is 593 g/mol. The quantitative estimate of drug-likeness (QED) is 0.153. The summed E-state index contributed by atoms with van der Waals surface area (Å²) in [6.45, 7) is -0.538. The average Bonchev–Trinajstić information content (AvgIpc) is 3.07. The Kier molecular flexibility index (Phi) is 9.19. The minimum Gasteiger partial charge on any atom is -0.508 e. The number of aliphatic hydroxyl groups is 5. The highest BCUT2D eigenvalue weighted by molar-refractivity contribution is 6.03. The van der Waals surface area contributed by atoms with Crippen molar-refractivity contribution in [2.24, 2.45) is 5.92 Å². The van der Waals surface area contributed by atoms with Crippen LogP contribution in [0.25, 0.3) is 11.1 Å². The highest BCUT2D eigenvalue weighted by Gasteiger charge is 2.49. The maximum atomic E-state index is 14.3. The fourth-order valence-corrected chi connectivity index (χ4v) is 6.55. The molecule has 2 heterocycles. The topological polar surface area (TPSA) is 151 Å². The number of carbonyl (C=O) groups is 1. The number of ether oxygens (including phenoxy) is 1. The molecule has 0 saturated carbocycles. The van der Waals surface area contributed by atoms with Crippen LogP contribution in [0.2, 0.25) is 0 Å². The molecule has 6 N–H and O–H groups in total. The minimum absolute atomic E-state index is 0.0474. The van der Waals surface area contributed by atoms with Gasteiger partial charge in [0, 0.05) is 16.8 Å². The van der Waals surface area contributed by atoms with E-state index in [-0.39, 0.29) is 30.1 Å². The van der Waals surface area contributed by atoms with Crippen molar-refractivity contribution in [3.05, 3.63) is 120 Å². The number of aliphatic hydroxyl groups excluding tert-OH is 5. The van der Waals surface area contributed by atoms with Gasteiger partial charge in [-0.3, -0.25) is 4.79 Å². The van der Waals surface area contributed by atoms with Crippen molar-refractivity contribution in [3.63, 3.8) is 0 Å². The zero-order valence-corrected chi connectivity index (χ0v) is 24.8. The van der Waals surface area contributed by atoms with Gasteiger partial charge in [0.15, 0.2) is 0 Å². The number of nitrogens with zero attached hydrogens (tertiary/aromatic N) is 1. The molecule has 2 fully saturated rings. The molecule has 0 aliphatic carbocycles. The Hall–Kier alpha value is -4.16. The first-order chi connectivity index (χ1) is 22.2. The fraction of sp³-hybridized carbons (Fsp3) is 0.306. The summed E-state index contributed by atoms with van der Waals surface area (Å²) in [4.78, 5) is 15.1. The number of hydrogen-bond acceptors (Lipinski definition) is 8. The number of aromatic hydroxyl groups is 1. The van der Waals surface area contributed by atoms with Gasteiger partial charge in [0.2, 0.25) is 5.91 Å². The van der Waals surface area contributed by atoms with Gasteiger partial charge in [0.25, 0.3) is 0 Å². The summed E-state index contributed by atoms with van der Waals surface area (Å²) >= 11 is 0. The predicted octanol–water partition coefficient (Wildman–Crippen LogP) is 3.93. The summed E-state index contributed by atoms with van der Waals surface area (Å²) in [6.07, 6.45) is -7.14. The zero-order valence-electron chi connectivity index (χ0n) is 24.8. The number of amides is 1. The van der Waals surface area contributed by atoms with E-state index in [1.54, 1.807) is 59.5 Å². The second kappa shape index (κ2) is 13.3. The molecule has 2 aliphatic heterocycles. The SMILES string of the molecule is O=C1[C@H](CC[C@H](O)c2ccccc2F)[C@@H](c2ccc(-c3cccc([C@@H]4O[C@H](CO)[C@@H](O)[C@H](O)[C@H]4O)c3)cc2O)N1c1ccccc1. The van der Waals surface area contributed by atoms with Crippen molar-refractivity contribution in [2.75, 3.05) is 11.5 Å². The number of benzene rings is 4. The summed E-state index contributed by atoms with van der Waals surface area (Å²) in [7, 11) is 0. The second-order valence-electron chi connectivity index (χ2n) is 11.9. The summed E-state index contributed by atoms with van der Waals surface area (Å²) in [5, 5.41) is 62.7. The lowest BCUT2D eigenvalue weighted by molar-refractivity contribution is -0.231. The third-order valence-corrected chi connectivity index (χ3v) is 9.05. The monoisotopic (exact) mass is 629 g/mol. The summed E-state index contributed by atoms with van der Waals surface area (Å²) in [5.74, 6) is -1.28. The van der Waals surface area contributed by atoms with Crippen LogP contribution in [0.4, 0.5) is 10.1 Å². The van der Waals surface area contributed by atoms with Crippen LogP contribution in [-0.2, 0) is 9.53 Å². The third-order valence-electron chi connectivity index (χ3n) is 9.05. The van der Waals surface area contributed by atoms with Crippen LogP contribution in [0.5, 0.6) is 5.75 Å². The van der Waals surface area contributed by atoms with Gasteiger partial charge >= 0.3 is 0 Å². The molecule has 9 nitrogen and oxygen atoms in total. The third kappa shape index (κ3) is 5.91. The van der Waals surface area contributed by atoms with Crippen molar-refractivity contribution in [1.29, 1.82) is 0 Å². The van der Waals surface area contributed by atoms with Gasteiger partial charge in [-0.15, -0.1) is 0 Å². The van der Waals surface area contributed by atoms with Gasteiger partial charge in [-0.2, -0.15) is 0 Å². The highest BCUT2D eigenvalue weighted by atomic mass is 19.1. The molecule has 46 heavy (non-hydrogen) atoms. The predicted molar refractivity (Wildman–Crippen MR) is 167 cm³/mol. The van der Waals surface area contributed by atoms with E-state index in [2.05, 4.69) is 0 Å². The summed E-state index contributed by atoms with van der Waals surface area (Å²) in [6, 6.07) is 26.7. The van der Waals surface area contributed by atoms with Crippen molar-refractivity contribution < 1.29 is 44.6 Å². The van der Waals surface area contributed by atoms with Gasteiger partial charge in [-0.05, 0) is 59.9 Å². The molecule has 1 amide bonds. The van der Waals surface area contributed by atoms with Gasteiger partial charge in [-0.25, -0.2) is 4.39 Å². The molecule has 10 heteroatoms. The zero-order chi connectivity index (χ0) is 32.5. The Balaban J connectivity index is 1.27. The number of β-lactam (4-membered cyclic amide) rings is 1. The Labute approximate surface area is 265 Å². The Morgan fingerprint density at radius 3 is 2.26 bits per heavy atom. The van der Waals surface area contributed by atoms with Crippen LogP contribution in [0.1, 0.15) is 47.8 Å². The molecular formula is C36H36FNO8. The first kappa shape index (κ1) is 31.8. The standard InChI is InChI=1S/C36H36FNO8/c37-27-12-5-4-11-24(27)28(40)16-15-26-31(38(36(26)45)23-9-2-1-3-10-23)25-14-13-21(18-29(25)41)20-7-6-8-22(17-20)35-34(44)33(43)32(42)30(19-39)46-35/h1-14,17-18,26,28,30-35,39-44H,15-16,19H2/t26-,28+,30-,31-,32-,33+,34-,35+/m1/s1. The van der Waals surface area contributed by atoms with Crippen LogP contribution >= 0.6 is 0 Å². The largest absolute Gasteiger partial charge is 0.508 e. The van der Waals surface area contributed by atoms with Crippen molar-refractivity contribution in [3.8, 4) is 16.9 Å². The summed E-state index contributed by atoms with van der Waals surface area (Å²) in [5.41, 5.74) is 3.17. The van der Waals surface area contributed by atoms with Crippen molar-refractivity contribution in [2.45, 2.75) is 55.5 Å². The maximum absolute atomic E-state index is 14.3. The van der Waals surface area contributed by atoms with E-state index in [0.29, 0.717) is 27.9 Å². The molecule has 4 aromatic carbocycles.